The van der Waals surface area contributed by atoms with Crippen LogP contribution in [0.5, 0.6) is 5.75 Å². The minimum absolute atomic E-state index is 0.0137. The van der Waals surface area contributed by atoms with E-state index in [2.05, 4.69) is 68.0 Å². The lowest BCUT2D eigenvalue weighted by molar-refractivity contribution is -0.331. The molecule has 0 aliphatic carbocycles. The minimum atomic E-state index is -0.0137. The predicted octanol–water partition coefficient (Wildman–Crippen LogP) is 6.86. The Bertz CT molecular complexity index is 1240. The van der Waals surface area contributed by atoms with Crippen LogP contribution in [0.3, 0.4) is 0 Å². The van der Waals surface area contributed by atoms with Gasteiger partial charge in [-0.15, -0.1) is 0 Å². The van der Waals surface area contributed by atoms with Crippen molar-refractivity contribution in [1.82, 2.24) is 4.98 Å². The van der Waals surface area contributed by atoms with Crippen LogP contribution >= 0.6 is 11.6 Å². The van der Waals surface area contributed by atoms with Gasteiger partial charge >= 0.3 is 0 Å². The lowest BCUT2D eigenvalue weighted by Crippen LogP contribution is -2.14. The van der Waals surface area contributed by atoms with Crippen molar-refractivity contribution in [2.45, 2.75) is 46.6 Å². The number of rotatable bonds is 4. The summed E-state index contributed by atoms with van der Waals surface area (Å²) in [4.78, 5) is 8.04. The molecule has 0 saturated heterocycles. The number of nitrogens with one attached hydrogen (secondary N) is 1. The summed E-state index contributed by atoms with van der Waals surface area (Å²) in [6, 6.07) is 18.5. The monoisotopic (exact) mass is 431 g/mol. The summed E-state index contributed by atoms with van der Waals surface area (Å²) in [7, 11) is 0. The Morgan fingerprint density at radius 1 is 1.00 bits per heavy atom. The van der Waals surface area contributed by atoms with Crippen LogP contribution in [0.1, 0.15) is 43.2 Å². The summed E-state index contributed by atoms with van der Waals surface area (Å²) in [5.74, 6) is 0.814. The maximum absolute atomic E-state index is 6.71. The van der Waals surface area contributed by atoms with Crippen LogP contribution in [0.15, 0.2) is 60.8 Å². The van der Waals surface area contributed by atoms with Crippen LogP contribution in [0, 0.1) is 13.8 Å². The molecule has 0 bridgehead atoms. The van der Waals surface area contributed by atoms with E-state index < -0.39 is 0 Å². The Kier molecular flexibility index (Phi) is 5.72. The number of ether oxygens (including phenoxy) is 1. The van der Waals surface area contributed by atoms with Crippen molar-refractivity contribution in [3.05, 3.63) is 88.2 Å². The first-order chi connectivity index (χ1) is 14.7. The highest BCUT2D eigenvalue weighted by molar-refractivity contribution is 6.31. The van der Waals surface area contributed by atoms with Gasteiger partial charge in [0.1, 0.15) is 17.7 Å². The van der Waals surface area contributed by atoms with Crippen molar-refractivity contribution in [1.29, 1.82) is 0 Å². The number of benzene rings is 2. The smallest absolute Gasteiger partial charge is 0.218 e. The van der Waals surface area contributed by atoms with Gasteiger partial charge in [-0.2, -0.15) is 0 Å². The second-order valence-corrected chi connectivity index (χ2v) is 9.44. The quantitative estimate of drug-likeness (QED) is 0.353. The van der Waals surface area contributed by atoms with Crippen LogP contribution in [0.2, 0.25) is 5.02 Å². The van der Waals surface area contributed by atoms with Crippen molar-refractivity contribution in [3.63, 3.8) is 0 Å². The third kappa shape index (κ3) is 4.42. The van der Waals surface area contributed by atoms with E-state index in [0.29, 0.717) is 6.61 Å². The normalized spacial score (nSPS) is 11.7. The van der Waals surface area contributed by atoms with Crippen LogP contribution < -0.4 is 9.72 Å². The number of aryl methyl sites for hydroxylation is 2. The van der Waals surface area contributed by atoms with Gasteiger partial charge in [0.05, 0.1) is 17.3 Å². The van der Waals surface area contributed by atoms with Gasteiger partial charge < -0.3 is 4.74 Å². The Hall–Kier alpha value is -2.91. The molecule has 31 heavy (non-hydrogen) atoms. The zero-order valence-electron chi connectivity index (χ0n) is 18.7. The van der Waals surface area contributed by atoms with E-state index in [4.69, 9.17) is 16.3 Å². The van der Waals surface area contributed by atoms with Crippen LogP contribution in [0.4, 0.5) is 0 Å². The highest BCUT2D eigenvalue weighted by atomic mass is 35.5. The van der Waals surface area contributed by atoms with Gasteiger partial charge in [-0.3, -0.25) is 4.98 Å². The summed E-state index contributed by atoms with van der Waals surface area (Å²) >= 11 is 6.71. The number of fused-ring (bicyclic) bond motifs is 1. The standard InChI is InChI=1S/C27H27ClN2O/c1-17-13-21(27(3,4)5)22(28)14-20(17)24-15-25(31-16-19-9-7-6-8-10-19)26-18(2)29-12-11-23(26)30-24/h6-15H,16H2,1-5H3/p+1. The van der Waals surface area contributed by atoms with Gasteiger partial charge in [-0.25, -0.2) is 4.98 Å². The first-order valence-electron chi connectivity index (χ1n) is 10.5. The summed E-state index contributed by atoms with van der Waals surface area (Å²) in [6.45, 7) is 11.2. The molecule has 1 N–H and O–H groups in total. The number of hydrogen-bond donors (Lipinski definition) is 0. The number of pyridine rings is 2. The Labute approximate surface area is 189 Å². The molecule has 3 nitrogen and oxygen atoms in total. The molecule has 0 aliphatic heterocycles. The maximum Gasteiger partial charge on any atom is 0.218 e. The number of nitrogens with zero attached hydrogens (tertiary/aromatic N) is 1. The molecule has 4 aromatic rings. The van der Waals surface area contributed by atoms with Crippen LogP contribution in [0.25, 0.3) is 22.2 Å². The zero-order valence-corrected chi connectivity index (χ0v) is 19.5. The average molecular weight is 432 g/mol. The molecule has 0 fully saturated rings. The lowest BCUT2D eigenvalue weighted by Gasteiger charge is -2.22. The largest absolute Gasteiger partial charge is 0.488 e. The minimum Gasteiger partial charge on any atom is -0.488 e. The first kappa shape index (κ1) is 21.3. The summed E-state index contributed by atoms with van der Waals surface area (Å²) in [6.07, 6.45) is 1.82. The van der Waals surface area contributed by atoms with E-state index >= 15 is 0 Å². The molecule has 158 valence electrons. The second kappa shape index (κ2) is 8.32. The summed E-state index contributed by atoms with van der Waals surface area (Å²) in [5.41, 5.74) is 7.40. The number of H-pyrrole nitrogens is 1. The molecule has 0 radical (unpaired) electrons. The van der Waals surface area contributed by atoms with E-state index in [0.717, 1.165) is 49.8 Å². The van der Waals surface area contributed by atoms with E-state index in [9.17, 15) is 0 Å². The highest BCUT2D eigenvalue weighted by Crippen LogP contribution is 2.36. The number of hydrogen-bond acceptors (Lipinski definition) is 2. The van der Waals surface area contributed by atoms with Gasteiger partial charge in [0, 0.05) is 17.3 Å². The zero-order chi connectivity index (χ0) is 22.2. The highest BCUT2D eigenvalue weighted by Gasteiger charge is 2.23. The summed E-state index contributed by atoms with van der Waals surface area (Å²) in [5, 5.41) is 1.77. The first-order valence-corrected chi connectivity index (χ1v) is 10.9. The number of aromatic nitrogens is 2. The Morgan fingerprint density at radius 2 is 1.74 bits per heavy atom. The fourth-order valence-electron chi connectivity index (χ4n) is 3.91. The molecule has 2 aromatic carbocycles. The van der Waals surface area contributed by atoms with E-state index in [1.165, 1.54) is 5.56 Å². The fourth-order valence-corrected chi connectivity index (χ4v) is 4.35. The molecule has 0 atom stereocenters. The third-order valence-electron chi connectivity index (χ3n) is 5.58. The van der Waals surface area contributed by atoms with Gasteiger partial charge in [-0.1, -0.05) is 68.8 Å². The molecule has 2 heterocycles. The maximum atomic E-state index is 6.71. The Balaban J connectivity index is 1.83. The van der Waals surface area contributed by atoms with Gasteiger partial charge in [0.15, 0.2) is 0 Å². The molecule has 4 heteroatoms. The molecule has 0 unspecified atom stereocenters. The molecular formula is C27H28ClN2O+. The van der Waals surface area contributed by atoms with Crippen molar-refractivity contribution < 1.29 is 9.72 Å². The summed E-state index contributed by atoms with van der Waals surface area (Å²) < 4.78 is 6.30. The molecule has 0 amide bonds. The third-order valence-corrected chi connectivity index (χ3v) is 5.89. The molecule has 0 saturated carbocycles. The van der Waals surface area contributed by atoms with Crippen LogP contribution in [-0.2, 0) is 12.0 Å². The molecule has 0 spiro atoms. The molecule has 0 aliphatic rings. The molecule has 2 aromatic heterocycles. The number of aromatic amines is 1. The second-order valence-electron chi connectivity index (χ2n) is 9.04. The molecule has 4 rings (SSSR count). The molecular weight excluding hydrogens is 404 g/mol. The van der Waals surface area contributed by atoms with Crippen molar-refractivity contribution in [2.24, 2.45) is 0 Å². The van der Waals surface area contributed by atoms with Gasteiger partial charge in [-0.05, 0) is 42.0 Å². The SMILES string of the molecule is Cc1cc(C(C)(C)C)c(Cl)cc1-c1cc(OCc2ccccc2)c2c(C)nccc2[nH+]1. The van der Waals surface area contributed by atoms with Crippen molar-refractivity contribution in [2.75, 3.05) is 0 Å². The average Bonchev–Trinajstić information content (AvgIpc) is 2.73. The Morgan fingerprint density at radius 3 is 2.45 bits per heavy atom. The lowest BCUT2D eigenvalue weighted by atomic mass is 9.85. The van der Waals surface area contributed by atoms with E-state index in [1.54, 1.807) is 0 Å². The van der Waals surface area contributed by atoms with Crippen molar-refractivity contribution >= 4 is 22.5 Å². The topological polar surface area (TPSA) is 36.3 Å². The number of halogens is 1. The van der Waals surface area contributed by atoms with Crippen LogP contribution in [-0.4, -0.2) is 4.98 Å². The van der Waals surface area contributed by atoms with E-state index in [1.807, 2.05) is 37.4 Å². The fraction of sp³-hybridized carbons (Fsp3) is 0.259. The predicted molar refractivity (Wildman–Crippen MR) is 128 cm³/mol. The van der Waals surface area contributed by atoms with E-state index in [-0.39, 0.29) is 5.41 Å². The van der Waals surface area contributed by atoms with Crippen molar-refractivity contribution in [3.8, 4) is 17.0 Å². The van der Waals surface area contributed by atoms with Gasteiger partial charge in [0.25, 0.3) is 0 Å². The van der Waals surface area contributed by atoms with Gasteiger partial charge in [0.2, 0.25) is 11.2 Å².